The number of aliphatic hydroxyl groups is 1. The van der Waals surface area contributed by atoms with E-state index in [0.29, 0.717) is 6.42 Å². The molecule has 102 valence electrons. The Balaban J connectivity index is 2.02. The second-order valence-electron chi connectivity index (χ2n) is 4.86. The minimum absolute atomic E-state index is 0.107. The number of amides is 1. The molecule has 3 nitrogen and oxygen atoms in total. The van der Waals surface area contributed by atoms with Crippen LogP contribution in [0.4, 0.5) is 5.69 Å². The van der Waals surface area contributed by atoms with Crippen LogP contribution in [0, 0.1) is 0 Å². The number of rotatable bonds is 1. The van der Waals surface area contributed by atoms with Gasteiger partial charge < -0.3 is 10.4 Å². The van der Waals surface area contributed by atoms with Gasteiger partial charge in [0.15, 0.2) is 0 Å². The molecular weight excluding hydrogens is 270 g/mol. The van der Waals surface area contributed by atoms with Crippen LogP contribution >= 0.6 is 11.8 Å². The Morgan fingerprint density at radius 3 is 2.85 bits per heavy atom. The van der Waals surface area contributed by atoms with Crippen LogP contribution in [0.5, 0.6) is 0 Å². The highest BCUT2D eigenvalue weighted by Crippen LogP contribution is 2.41. The molecule has 0 bridgehead atoms. The maximum absolute atomic E-state index is 11.1. The molecule has 2 N–H and O–H groups in total. The van der Waals surface area contributed by atoms with Gasteiger partial charge in [-0.2, -0.15) is 0 Å². The lowest BCUT2D eigenvalue weighted by Crippen LogP contribution is -2.07. The summed E-state index contributed by atoms with van der Waals surface area (Å²) >= 11 is 1.66. The fourth-order valence-corrected chi connectivity index (χ4v) is 3.51. The molecular formula is C16H15NO2S. The Morgan fingerprint density at radius 1 is 1.25 bits per heavy atom. The van der Waals surface area contributed by atoms with Gasteiger partial charge in [0.1, 0.15) is 0 Å². The van der Waals surface area contributed by atoms with Crippen molar-refractivity contribution in [3.05, 3.63) is 53.6 Å². The number of carbonyl (C=O) groups is 1. The number of aliphatic hydroxyl groups excluding tert-OH is 1. The number of anilines is 1. The average Bonchev–Trinajstić information content (AvgIpc) is 2.54. The van der Waals surface area contributed by atoms with Crippen LogP contribution in [0.15, 0.2) is 52.3 Å². The SMILES string of the molecule is CC(=O)Nc1ccc2c(c1)[C@@H](O)Cc1ccccc1S2. The zero-order valence-electron chi connectivity index (χ0n) is 11.1. The summed E-state index contributed by atoms with van der Waals surface area (Å²) in [5, 5.41) is 13.2. The Morgan fingerprint density at radius 2 is 2.05 bits per heavy atom. The van der Waals surface area contributed by atoms with Crippen LogP contribution in [0.25, 0.3) is 0 Å². The van der Waals surface area contributed by atoms with Gasteiger partial charge in [0, 0.05) is 28.8 Å². The topological polar surface area (TPSA) is 49.3 Å². The largest absolute Gasteiger partial charge is 0.388 e. The van der Waals surface area contributed by atoms with E-state index in [1.807, 2.05) is 36.4 Å². The Bertz CT molecular complexity index is 669. The van der Waals surface area contributed by atoms with Crippen molar-refractivity contribution in [2.75, 3.05) is 5.32 Å². The zero-order valence-corrected chi connectivity index (χ0v) is 11.9. The van der Waals surface area contributed by atoms with Crippen molar-refractivity contribution in [1.82, 2.24) is 0 Å². The van der Waals surface area contributed by atoms with Crippen molar-refractivity contribution in [3.63, 3.8) is 0 Å². The van der Waals surface area contributed by atoms with Crippen molar-refractivity contribution in [1.29, 1.82) is 0 Å². The molecule has 1 aliphatic heterocycles. The van der Waals surface area contributed by atoms with Gasteiger partial charge in [-0.25, -0.2) is 0 Å². The molecule has 0 saturated carbocycles. The van der Waals surface area contributed by atoms with E-state index in [0.717, 1.165) is 21.7 Å². The van der Waals surface area contributed by atoms with E-state index in [2.05, 4.69) is 11.4 Å². The highest BCUT2D eigenvalue weighted by atomic mass is 32.2. The second kappa shape index (κ2) is 5.31. The van der Waals surface area contributed by atoms with Crippen LogP contribution in [0.2, 0.25) is 0 Å². The molecule has 0 aliphatic carbocycles. The lowest BCUT2D eigenvalue weighted by atomic mass is 10.0. The average molecular weight is 285 g/mol. The van der Waals surface area contributed by atoms with Gasteiger partial charge in [-0.05, 0) is 35.4 Å². The summed E-state index contributed by atoms with van der Waals surface area (Å²) in [5.41, 5.74) is 2.75. The van der Waals surface area contributed by atoms with Crippen LogP contribution < -0.4 is 5.32 Å². The fourth-order valence-electron chi connectivity index (χ4n) is 2.39. The molecule has 2 aromatic rings. The summed E-state index contributed by atoms with van der Waals surface area (Å²) in [4.78, 5) is 13.3. The van der Waals surface area contributed by atoms with Gasteiger partial charge in [-0.1, -0.05) is 30.0 Å². The van der Waals surface area contributed by atoms with E-state index in [1.54, 1.807) is 11.8 Å². The van der Waals surface area contributed by atoms with E-state index < -0.39 is 6.10 Å². The molecule has 0 spiro atoms. The van der Waals surface area contributed by atoms with E-state index >= 15 is 0 Å². The quantitative estimate of drug-likeness (QED) is 0.844. The first-order valence-electron chi connectivity index (χ1n) is 6.49. The van der Waals surface area contributed by atoms with Crippen molar-refractivity contribution >= 4 is 23.4 Å². The second-order valence-corrected chi connectivity index (χ2v) is 5.95. The molecule has 4 heteroatoms. The summed E-state index contributed by atoms with van der Waals surface area (Å²) in [7, 11) is 0. The number of hydrogen-bond acceptors (Lipinski definition) is 3. The molecule has 2 aromatic carbocycles. The zero-order chi connectivity index (χ0) is 14.1. The minimum Gasteiger partial charge on any atom is -0.388 e. The Hall–Kier alpha value is -1.78. The van der Waals surface area contributed by atoms with Crippen LogP contribution in [-0.2, 0) is 11.2 Å². The molecule has 0 unspecified atom stereocenters. The third-order valence-corrected chi connectivity index (χ3v) is 4.50. The van der Waals surface area contributed by atoms with Crippen molar-refractivity contribution < 1.29 is 9.90 Å². The number of hydrogen-bond donors (Lipinski definition) is 2. The van der Waals surface area contributed by atoms with Crippen molar-refractivity contribution in [2.24, 2.45) is 0 Å². The van der Waals surface area contributed by atoms with Crippen LogP contribution in [0.3, 0.4) is 0 Å². The first kappa shape index (κ1) is 13.2. The fraction of sp³-hybridized carbons (Fsp3) is 0.188. The highest BCUT2D eigenvalue weighted by molar-refractivity contribution is 7.99. The van der Waals surface area contributed by atoms with E-state index in [4.69, 9.17) is 0 Å². The predicted molar refractivity (Wildman–Crippen MR) is 80.0 cm³/mol. The van der Waals surface area contributed by atoms with E-state index in [9.17, 15) is 9.90 Å². The summed E-state index contributed by atoms with van der Waals surface area (Å²) in [6.07, 6.45) is 0.0505. The lowest BCUT2D eigenvalue weighted by molar-refractivity contribution is -0.114. The monoisotopic (exact) mass is 285 g/mol. The molecule has 20 heavy (non-hydrogen) atoms. The van der Waals surface area contributed by atoms with E-state index in [-0.39, 0.29) is 5.91 Å². The molecule has 0 fully saturated rings. The maximum atomic E-state index is 11.1. The van der Waals surface area contributed by atoms with Crippen LogP contribution in [0.1, 0.15) is 24.2 Å². The molecule has 3 rings (SSSR count). The van der Waals surface area contributed by atoms with Gasteiger partial charge in [0.25, 0.3) is 0 Å². The number of nitrogens with one attached hydrogen (secondary N) is 1. The third kappa shape index (κ3) is 2.57. The van der Waals surface area contributed by atoms with E-state index in [1.165, 1.54) is 11.8 Å². The number of benzene rings is 2. The van der Waals surface area contributed by atoms with Gasteiger partial charge >= 0.3 is 0 Å². The van der Waals surface area contributed by atoms with Gasteiger partial charge in [0.05, 0.1) is 6.10 Å². The first-order valence-corrected chi connectivity index (χ1v) is 7.30. The lowest BCUT2D eigenvalue weighted by Gasteiger charge is -2.13. The van der Waals surface area contributed by atoms with Gasteiger partial charge in [-0.3, -0.25) is 4.79 Å². The molecule has 1 aliphatic rings. The predicted octanol–water partition coefficient (Wildman–Crippen LogP) is 3.39. The summed E-state index contributed by atoms with van der Waals surface area (Å²) in [6, 6.07) is 13.8. The summed E-state index contributed by atoms with van der Waals surface area (Å²) in [5.74, 6) is -0.107. The first-order chi connectivity index (χ1) is 9.63. The summed E-state index contributed by atoms with van der Waals surface area (Å²) < 4.78 is 0. The third-order valence-electron chi connectivity index (χ3n) is 3.29. The minimum atomic E-state index is -0.546. The number of fused-ring (bicyclic) bond motifs is 2. The smallest absolute Gasteiger partial charge is 0.221 e. The Labute approximate surface area is 122 Å². The molecule has 1 amide bonds. The molecule has 0 saturated heterocycles. The standard InChI is InChI=1S/C16H15NO2S/c1-10(18)17-12-6-7-16-13(9-12)14(19)8-11-4-2-3-5-15(11)20-16/h2-7,9,14,19H,8H2,1H3,(H,17,18)/t14-/m0/s1. The van der Waals surface area contributed by atoms with Crippen molar-refractivity contribution in [2.45, 2.75) is 29.2 Å². The van der Waals surface area contributed by atoms with Crippen molar-refractivity contribution in [3.8, 4) is 0 Å². The Kier molecular flexibility index (Phi) is 3.51. The van der Waals surface area contributed by atoms with Gasteiger partial charge in [0.2, 0.25) is 5.91 Å². The highest BCUT2D eigenvalue weighted by Gasteiger charge is 2.21. The van der Waals surface area contributed by atoms with Gasteiger partial charge in [-0.15, -0.1) is 0 Å². The molecule has 1 heterocycles. The molecule has 0 radical (unpaired) electrons. The summed E-state index contributed by atoms with van der Waals surface area (Å²) in [6.45, 7) is 1.48. The maximum Gasteiger partial charge on any atom is 0.221 e. The van der Waals surface area contributed by atoms with Crippen LogP contribution in [-0.4, -0.2) is 11.0 Å². The normalized spacial score (nSPS) is 16.8. The number of carbonyl (C=O) groups excluding carboxylic acids is 1. The molecule has 1 atom stereocenters. The molecule has 0 aromatic heterocycles.